The number of hydrogen-bond acceptors (Lipinski definition) is 7. The van der Waals surface area contributed by atoms with Gasteiger partial charge in [0.15, 0.2) is 11.5 Å². The number of nitrogens with zero attached hydrogens (tertiary/aromatic N) is 4. The summed E-state index contributed by atoms with van der Waals surface area (Å²) in [5, 5.41) is 13.6. The molecule has 0 aliphatic carbocycles. The average Bonchev–Trinajstić information content (AvgIpc) is 3.56. The number of nitrogens with one attached hydrogen (secondary N) is 3. The fourth-order valence-corrected chi connectivity index (χ4v) is 4.30. The standard InChI is InChI=1S/C26H24F3N7O3/c1-2-21(37)36-12-9-17(14-36)32-24-22-19(8-11-31-23(22)34-35-24)39-18-5-3-15(4-6-18)25(38)33-20-13-16(7-10-30-20)26(27,28)29/h3-8,10-11,13,17H,2,9,12,14H2,1H3,(H,30,33,38)(H2,31,32,34,35)/t17-/m1/s1. The Morgan fingerprint density at radius 3 is 2.64 bits per heavy atom. The molecule has 10 nitrogen and oxygen atoms in total. The second-order valence-corrected chi connectivity index (χ2v) is 8.94. The Morgan fingerprint density at radius 1 is 1.13 bits per heavy atom. The Hall–Kier alpha value is -4.68. The van der Waals surface area contributed by atoms with E-state index in [1.807, 2.05) is 11.8 Å². The van der Waals surface area contributed by atoms with E-state index in [2.05, 4.69) is 30.8 Å². The van der Waals surface area contributed by atoms with Crippen LogP contribution in [-0.4, -0.2) is 56.0 Å². The van der Waals surface area contributed by atoms with Gasteiger partial charge in [0.1, 0.15) is 22.7 Å². The number of carbonyl (C=O) groups excluding carboxylic acids is 2. The van der Waals surface area contributed by atoms with Crippen molar-refractivity contribution in [2.24, 2.45) is 0 Å². The summed E-state index contributed by atoms with van der Waals surface area (Å²) in [7, 11) is 0. The predicted octanol–water partition coefficient (Wildman–Crippen LogP) is 4.84. The zero-order valence-corrected chi connectivity index (χ0v) is 20.7. The van der Waals surface area contributed by atoms with Crippen LogP contribution in [0.5, 0.6) is 11.5 Å². The Labute approximate surface area is 220 Å². The molecule has 1 atom stereocenters. The van der Waals surface area contributed by atoms with Crippen molar-refractivity contribution >= 4 is 34.5 Å². The van der Waals surface area contributed by atoms with Crippen molar-refractivity contribution in [1.82, 2.24) is 25.1 Å². The second-order valence-electron chi connectivity index (χ2n) is 8.94. The first-order chi connectivity index (χ1) is 18.7. The number of fused-ring (bicyclic) bond motifs is 1. The number of ether oxygens (including phenoxy) is 1. The molecule has 39 heavy (non-hydrogen) atoms. The van der Waals surface area contributed by atoms with Crippen LogP contribution in [-0.2, 0) is 11.0 Å². The number of H-pyrrole nitrogens is 1. The van der Waals surface area contributed by atoms with Crippen molar-refractivity contribution in [1.29, 1.82) is 0 Å². The minimum absolute atomic E-state index is 0.0316. The molecule has 1 aromatic carbocycles. The molecule has 5 rings (SSSR count). The number of alkyl halides is 3. The third-order valence-electron chi connectivity index (χ3n) is 6.28. The van der Waals surface area contributed by atoms with Crippen molar-refractivity contribution in [2.75, 3.05) is 23.7 Å². The summed E-state index contributed by atoms with van der Waals surface area (Å²) in [6, 6.07) is 9.43. The first kappa shape index (κ1) is 25.9. The van der Waals surface area contributed by atoms with Gasteiger partial charge in [-0.2, -0.15) is 18.3 Å². The van der Waals surface area contributed by atoms with E-state index in [4.69, 9.17) is 4.74 Å². The van der Waals surface area contributed by atoms with E-state index in [0.29, 0.717) is 47.9 Å². The number of benzene rings is 1. The van der Waals surface area contributed by atoms with E-state index in [1.165, 1.54) is 12.1 Å². The normalized spacial score (nSPS) is 15.4. The zero-order chi connectivity index (χ0) is 27.6. The van der Waals surface area contributed by atoms with Gasteiger partial charge < -0.3 is 20.3 Å². The monoisotopic (exact) mass is 539 g/mol. The van der Waals surface area contributed by atoms with Crippen LogP contribution >= 0.6 is 0 Å². The van der Waals surface area contributed by atoms with E-state index in [9.17, 15) is 22.8 Å². The Bertz CT molecular complexity index is 1500. The highest BCUT2D eigenvalue weighted by atomic mass is 19.4. The number of amides is 2. The summed E-state index contributed by atoms with van der Waals surface area (Å²) in [5.41, 5.74) is -0.188. The van der Waals surface area contributed by atoms with Gasteiger partial charge in [0.05, 0.1) is 5.56 Å². The molecule has 2 amide bonds. The molecule has 1 aliphatic heterocycles. The van der Waals surface area contributed by atoms with Crippen LogP contribution in [0.1, 0.15) is 35.7 Å². The summed E-state index contributed by atoms with van der Waals surface area (Å²) >= 11 is 0. The molecule has 0 saturated carbocycles. The van der Waals surface area contributed by atoms with Crippen LogP contribution < -0.4 is 15.4 Å². The fourth-order valence-electron chi connectivity index (χ4n) is 4.30. The van der Waals surface area contributed by atoms with Crippen molar-refractivity contribution < 1.29 is 27.5 Å². The molecule has 1 saturated heterocycles. The Kier molecular flexibility index (Phi) is 7.05. The maximum absolute atomic E-state index is 12.9. The fraction of sp³-hybridized carbons (Fsp3) is 0.269. The number of anilines is 2. The lowest BCUT2D eigenvalue weighted by molar-refractivity contribution is -0.137. The number of pyridine rings is 2. The smallest absolute Gasteiger partial charge is 0.416 e. The quantitative estimate of drug-likeness (QED) is 0.307. The lowest BCUT2D eigenvalue weighted by Gasteiger charge is -2.16. The summed E-state index contributed by atoms with van der Waals surface area (Å²) in [4.78, 5) is 34.5. The van der Waals surface area contributed by atoms with Gasteiger partial charge in [0.25, 0.3) is 5.91 Å². The maximum Gasteiger partial charge on any atom is 0.416 e. The first-order valence-corrected chi connectivity index (χ1v) is 12.2. The second kappa shape index (κ2) is 10.6. The molecule has 4 aromatic rings. The highest BCUT2D eigenvalue weighted by Crippen LogP contribution is 2.34. The van der Waals surface area contributed by atoms with E-state index >= 15 is 0 Å². The molecule has 0 bridgehead atoms. The van der Waals surface area contributed by atoms with Crippen molar-refractivity contribution in [3.63, 3.8) is 0 Å². The van der Waals surface area contributed by atoms with Gasteiger partial charge in [-0.05, 0) is 42.8 Å². The third-order valence-corrected chi connectivity index (χ3v) is 6.28. The minimum Gasteiger partial charge on any atom is -0.456 e. The van der Waals surface area contributed by atoms with Gasteiger partial charge in [0, 0.05) is 49.6 Å². The van der Waals surface area contributed by atoms with Gasteiger partial charge in [-0.25, -0.2) is 9.97 Å². The predicted molar refractivity (Wildman–Crippen MR) is 136 cm³/mol. The van der Waals surface area contributed by atoms with Gasteiger partial charge in [-0.15, -0.1) is 0 Å². The largest absolute Gasteiger partial charge is 0.456 e. The number of halogens is 3. The molecule has 13 heteroatoms. The van der Waals surface area contributed by atoms with Crippen LogP contribution in [0.3, 0.4) is 0 Å². The molecule has 0 unspecified atom stereocenters. The van der Waals surface area contributed by atoms with Gasteiger partial charge in [-0.3, -0.25) is 14.7 Å². The number of hydrogen-bond donors (Lipinski definition) is 3. The Morgan fingerprint density at radius 2 is 1.90 bits per heavy atom. The molecule has 202 valence electrons. The lowest BCUT2D eigenvalue weighted by Crippen LogP contribution is -2.31. The first-order valence-electron chi connectivity index (χ1n) is 12.2. The molecular formula is C26H24F3N7O3. The van der Waals surface area contributed by atoms with Gasteiger partial charge in [0.2, 0.25) is 5.91 Å². The van der Waals surface area contributed by atoms with Crippen LogP contribution in [0.2, 0.25) is 0 Å². The third kappa shape index (κ3) is 5.76. The molecular weight excluding hydrogens is 515 g/mol. The van der Waals surface area contributed by atoms with E-state index in [1.54, 1.807) is 24.4 Å². The van der Waals surface area contributed by atoms with Crippen LogP contribution in [0.15, 0.2) is 54.9 Å². The molecule has 0 spiro atoms. The van der Waals surface area contributed by atoms with E-state index in [0.717, 1.165) is 24.8 Å². The van der Waals surface area contributed by atoms with E-state index < -0.39 is 17.6 Å². The molecule has 3 N–H and O–H groups in total. The summed E-state index contributed by atoms with van der Waals surface area (Å²) in [6.07, 6.45) is -0.744. The van der Waals surface area contributed by atoms with E-state index in [-0.39, 0.29) is 23.3 Å². The average molecular weight is 540 g/mol. The van der Waals surface area contributed by atoms with Crippen LogP contribution in [0.25, 0.3) is 11.0 Å². The number of aromatic amines is 1. The van der Waals surface area contributed by atoms with Crippen LogP contribution in [0, 0.1) is 0 Å². The van der Waals surface area contributed by atoms with Gasteiger partial charge in [-0.1, -0.05) is 6.92 Å². The number of likely N-dealkylation sites (tertiary alicyclic amines) is 1. The summed E-state index contributed by atoms with van der Waals surface area (Å²) in [6.45, 7) is 3.10. The topological polar surface area (TPSA) is 125 Å². The van der Waals surface area contributed by atoms with Crippen molar-refractivity contribution in [3.8, 4) is 11.5 Å². The number of rotatable bonds is 7. The zero-order valence-electron chi connectivity index (χ0n) is 20.7. The van der Waals surface area contributed by atoms with Crippen LogP contribution in [0.4, 0.5) is 24.8 Å². The molecule has 1 aliphatic rings. The summed E-state index contributed by atoms with van der Waals surface area (Å²) in [5.74, 6) is 0.727. The number of aromatic nitrogens is 4. The highest BCUT2D eigenvalue weighted by molar-refractivity contribution is 6.03. The lowest BCUT2D eigenvalue weighted by atomic mass is 10.2. The highest BCUT2D eigenvalue weighted by Gasteiger charge is 2.31. The number of carbonyl (C=O) groups is 2. The van der Waals surface area contributed by atoms with Crippen molar-refractivity contribution in [3.05, 3.63) is 66.0 Å². The molecule has 1 fully saturated rings. The van der Waals surface area contributed by atoms with Crippen molar-refractivity contribution in [2.45, 2.75) is 32.0 Å². The van der Waals surface area contributed by atoms with Gasteiger partial charge >= 0.3 is 6.18 Å². The maximum atomic E-state index is 12.9. The summed E-state index contributed by atoms with van der Waals surface area (Å²) < 4.78 is 44.9. The molecule has 3 aromatic heterocycles. The molecule has 4 heterocycles. The SMILES string of the molecule is CCC(=O)N1CC[C@@H](Nc2n[nH]c3nccc(Oc4ccc(C(=O)Nc5cc(C(F)(F)F)ccn5)cc4)c23)C1. The minimum atomic E-state index is -4.55. The Balaban J connectivity index is 1.28. The molecule has 0 radical (unpaired) electrons.